The topological polar surface area (TPSA) is 38.7 Å². The van der Waals surface area contributed by atoms with Gasteiger partial charge in [-0.25, -0.2) is 15.0 Å². The number of hydrogen-bond acceptors (Lipinski definition) is 4. The summed E-state index contributed by atoms with van der Waals surface area (Å²) in [5.41, 5.74) is 14.9. The van der Waals surface area contributed by atoms with E-state index in [1.54, 1.807) is 0 Å². The monoisotopic (exact) mass is 819 g/mol. The molecule has 0 amide bonds. The summed E-state index contributed by atoms with van der Waals surface area (Å²) in [6.07, 6.45) is 0. The van der Waals surface area contributed by atoms with E-state index in [-0.39, 0.29) is 0 Å². The summed E-state index contributed by atoms with van der Waals surface area (Å²) in [6, 6.07) is 79.6. The number of aromatic nitrogens is 3. The summed E-state index contributed by atoms with van der Waals surface area (Å²) in [6.45, 7) is 0. The van der Waals surface area contributed by atoms with Crippen LogP contribution in [-0.4, -0.2) is 15.0 Å². The molecule has 9 aromatic carbocycles. The Hall–Kier alpha value is -8.05. The van der Waals surface area contributed by atoms with Gasteiger partial charge in [-0.15, -0.1) is 11.3 Å². The van der Waals surface area contributed by atoms with Gasteiger partial charge in [0, 0.05) is 47.8 Å². The predicted octanol–water partition coefficient (Wildman–Crippen LogP) is 16.2. The number of benzene rings is 9. The van der Waals surface area contributed by atoms with E-state index in [4.69, 9.17) is 15.0 Å². The van der Waals surface area contributed by atoms with E-state index in [0.717, 1.165) is 61.5 Å². The van der Waals surface area contributed by atoms with Crippen molar-refractivity contribution in [3.05, 3.63) is 224 Å². The zero-order valence-electron chi connectivity index (χ0n) is 34.1. The Kier molecular flexibility index (Phi) is 9.02. The molecule has 0 unspecified atom stereocenters. The zero-order chi connectivity index (χ0) is 41.7. The Labute approximate surface area is 369 Å². The van der Waals surface area contributed by atoms with Crippen LogP contribution in [0.15, 0.2) is 224 Å². The lowest BCUT2D eigenvalue weighted by molar-refractivity contribution is 1.18. The molecule has 0 saturated heterocycles. The Morgan fingerprint density at radius 2 is 0.746 bits per heavy atom. The maximum atomic E-state index is 5.38. The van der Waals surface area contributed by atoms with Crippen LogP contribution in [0.3, 0.4) is 0 Å². The van der Waals surface area contributed by atoms with Gasteiger partial charge in [-0.2, -0.15) is 0 Å². The first-order valence-electron chi connectivity index (χ1n) is 21.2. The van der Waals surface area contributed by atoms with Crippen molar-refractivity contribution in [2.45, 2.75) is 0 Å². The van der Waals surface area contributed by atoms with Crippen molar-refractivity contribution in [2.75, 3.05) is 0 Å². The Balaban J connectivity index is 0.899. The fraction of sp³-hybridized carbons (Fsp3) is 0. The van der Waals surface area contributed by atoms with Crippen molar-refractivity contribution in [3.63, 3.8) is 0 Å². The smallest absolute Gasteiger partial charge is 0.160 e. The lowest BCUT2D eigenvalue weighted by Crippen LogP contribution is -1.96. The highest BCUT2D eigenvalue weighted by Gasteiger charge is 2.18. The van der Waals surface area contributed by atoms with E-state index in [0.29, 0.717) is 5.82 Å². The summed E-state index contributed by atoms with van der Waals surface area (Å²) in [5, 5.41) is 6.18. The van der Waals surface area contributed by atoms with Crippen LogP contribution in [0, 0.1) is 0 Å². The van der Waals surface area contributed by atoms with E-state index in [9.17, 15) is 0 Å². The maximum absolute atomic E-state index is 5.38. The fourth-order valence-corrected chi connectivity index (χ4v) is 10.1. The van der Waals surface area contributed by atoms with Gasteiger partial charge in [0.25, 0.3) is 0 Å². The van der Waals surface area contributed by atoms with Gasteiger partial charge in [0.2, 0.25) is 0 Å². The minimum atomic E-state index is 0.692. The Morgan fingerprint density at radius 1 is 0.302 bits per heavy atom. The van der Waals surface area contributed by atoms with Crippen LogP contribution in [0.25, 0.3) is 120 Å². The van der Waals surface area contributed by atoms with Gasteiger partial charge in [0.15, 0.2) is 5.82 Å². The molecule has 3 nitrogen and oxygen atoms in total. The van der Waals surface area contributed by atoms with Crippen LogP contribution >= 0.6 is 11.3 Å². The highest BCUT2D eigenvalue weighted by Crippen LogP contribution is 2.45. The van der Waals surface area contributed by atoms with Crippen molar-refractivity contribution in [2.24, 2.45) is 0 Å². The number of nitrogens with zero attached hydrogens (tertiary/aromatic N) is 3. The third-order valence-corrected chi connectivity index (χ3v) is 13.3. The van der Waals surface area contributed by atoms with Crippen LogP contribution in [0.4, 0.5) is 0 Å². The number of thiophene rings is 1. The second-order valence-corrected chi connectivity index (χ2v) is 17.0. The van der Waals surface area contributed by atoms with Gasteiger partial charge in [-0.3, -0.25) is 0 Å². The van der Waals surface area contributed by atoms with E-state index >= 15 is 0 Å². The average Bonchev–Trinajstić information content (AvgIpc) is 3.76. The molecule has 294 valence electrons. The summed E-state index contributed by atoms with van der Waals surface area (Å²) in [7, 11) is 0. The number of hydrogen-bond donors (Lipinski definition) is 0. The van der Waals surface area contributed by atoms with Gasteiger partial charge in [0.1, 0.15) is 0 Å². The second-order valence-electron chi connectivity index (χ2n) is 15.9. The van der Waals surface area contributed by atoms with Gasteiger partial charge in [-0.05, 0) is 62.4 Å². The molecule has 0 saturated carbocycles. The van der Waals surface area contributed by atoms with Crippen molar-refractivity contribution < 1.29 is 0 Å². The number of pyridine rings is 1. The van der Waals surface area contributed by atoms with E-state index in [2.05, 4.69) is 212 Å². The van der Waals surface area contributed by atoms with Crippen LogP contribution in [0.2, 0.25) is 0 Å². The normalized spacial score (nSPS) is 11.5. The number of fused-ring (bicyclic) bond motifs is 7. The first-order valence-corrected chi connectivity index (χ1v) is 22.1. The molecular weight excluding hydrogens is 783 g/mol. The maximum Gasteiger partial charge on any atom is 0.160 e. The highest BCUT2D eigenvalue weighted by molar-refractivity contribution is 7.27. The van der Waals surface area contributed by atoms with Crippen molar-refractivity contribution >= 4 is 53.2 Å². The highest BCUT2D eigenvalue weighted by atomic mass is 32.1. The van der Waals surface area contributed by atoms with E-state index < -0.39 is 0 Å². The number of rotatable bonds is 7. The molecule has 63 heavy (non-hydrogen) atoms. The molecule has 0 fully saturated rings. The minimum absolute atomic E-state index is 0.692. The molecule has 0 atom stereocenters. The quantitative estimate of drug-likeness (QED) is 0.150. The minimum Gasteiger partial charge on any atom is -0.247 e. The fourth-order valence-electron chi connectivity index (χ4n) is 8.87. The second kappa shape index (κ2) is 15.4. The van der Waals surface area contributed by atoms with Gasteiger partial charge >= 0.3 is 0 Å². The standard InChI is InChI=1S/C59H37N3S/c1-3-11-38(12-4-1)40-19-27-45(28-20-40)52-37-53(62-59(61-52)48-33-25-41(26-34-48)39-13-5-2-6-14-39)46-29-21-42(22-30-46)43-23-31-47(32-24-43)57-56-50-17-9-10-18-54(50)63-58(56)55-49-16-8-7-15-44(49)35-36-51(55)60-57/h1-37H. The molecule has 12 rings (SSSR count). The SMILES string of the molecule is c1ccc(-c2ccc(-c3cc(-c4ccc(-c5ccc(-c6nc7ccc8ccccc8c7c7sc8ccccc8c67)cc5)cc4)nc(-c4ccc(-c5ccccc5)cc4)n3)cc2)cc1. The molecule has 0 aliphatic carbocycles. The zero-order valence-corrected chi connectivity index (χ0v) is 34.9. The van der Waals surface area contributed by atoms with Crippen molar-refractivity contribution in [1.82, 2.24) is 15.0 Å². The molecule has 0 aliphatic heterocycles. The molecule has 0 bridgehead atoms. The van der Waals surface area contributed by atoms with Crippen LogP contribution in [-0.2, 0) is 0 Å². The molecule has 0 radical (unpaired) electrons. The summed E-state index contributed by atoms with van der Waals surface area (Å²) < 4.78 is 2.56. The first-order chi connectivity index (χ1) is 31.2. The van der Waals surface area contributed by atoms with E-state index in [1.165, 1.54) is 53.0 Å². The van der Waals surface area contributed by atoms with Crippen molar-refractivity contribution in [3.8, 4) is 78.5 Å². The third kappa shape index (κ3) is 6.74. The van der Waals surface area contributed by atoms with Gasteiger partial charge in [0.05, 0.1) is 22.6 Å². The van der Waals surface area contributed by atoms with Crippen molar-refractivity contribution in [1.29, 1.82) is 0 Å². The summed E-state index contributed by atoms with van der Waals surface area (Å²) in [4.78, 5) is 15.7. The molecule has 4 heteroatoms. The van der Waals surface area contributed by atoms with Crippen LogP contribution in [0.1, 0.15) is 0 Å². The predicted molar refractivity (Wildman–Crippen MR) is 266 cm³/mol. The lowest BCUT2D eigenvalue weighted by atomic mass is 9.97. The third-order valence-electron chi connectivity index (χ3n) is 12.1. The van der Waals surface area contributed by atoms with Gasteiger partial charge < -0.3 is 0 Å². The molecule has 0 N–H and O–H groups in total. The molecule has 3 aromatic heterocycles. The van der Waals surface area contributed by atoms with Crippen LogP contribution < -0.4 is 0 Å². The van der Waals surface area contributed by atoms with Crippen LogP contribution in [0.5, 0.6) is 0 Å². The molecule has 0 spiro atoms. The summed E-state index contributed by atoms with van der Waals surface area (Å²) >= 11 is 1.86. The largest absolute Gasteiger partial charge is 0.247 e. The lowest BCUT2D eigenvalue weighted by Gasteiger charge is -2.12. The van der Waals surface area contributed by atoms with Gasteiger partial charge in [-0.1, -0.05) is 206 Å². The molecule has 0 aliphatic rings. The average molecular weight is 820 g/mol. The Morgan fingerprint density at radius 3 is 1.32 bits per heavy atom. The first kappa shape index (κ1) is 36.8. The molecular formula is C59H37N3S. The summed E-state index contributed by atoms with van der Waals surface area (Å²) in [5.74, 6) is 0.692. The Bertz CT molecular complexity index is 3520. The molecule has 12 aromatic rings. The molecule has 3 heterocycles. The van der Waals surface area contributed by atoms with E-state index in [1.807, 2.05) is 23.5 Å².